The zero-order valence-corrected chi connectivity index (χ0v) is 13.0. The quantitative estimate of drug-likeness (QED) is 0.473. The second-order valence-corrected chi connectivity index (χ2v) is 5.02. The standard InChI is InChI=1S/C12H10O.C9H6O2/c1-3-7-11(8-4-1)13-12-9-5-2-6-10-12;10-9-6-5-7-3-1-2-4-8(7)11-9/h1-10H;1-6H. The normalized spacial score (nSPS) is 9.83. The minimum Gasteiger partial charge on any atom is -0.457 e. The summed E-state index contributed by atoms with van der Waals surface area (Å²) in [5.41, 5.74) is 0.337. The Kier molecular flexibility index (Phi) is 5.05. The fourth-order valence-electron chi connectivity index (χ4n) is 2.12. The van der Waals surface area contributed by atoms with Crippen molar-refractivity contribution in [3.63, 3.8) is 0 Å². The molecule has 0 unspecified atom stereocenters. The lowest BCUT2D eigenvalue weighted by Gasteiger charge is -2.03. The van der Waals surface area contributed by atoms with E-state index in [0.717, 1.165) is 16.9 Å². The first kappa shape index (κ1) is 15.6. The molecule has 4 rings (SSSR count). The number of hydrogen-bond acceptors (Lipinski definition) is 3. The molecule has 118 valence electrons. The van der Waals surface area contributed by atoms with E-state index < -0.39 is 0 Å². The summed E-state index contributed by atoms with van der Waals surface area (Å²) < 4.78 is 10.5. The molecule has 0 amide bonds. The summed E-state index contributed by atoms with van der Waals surface area (Å²) in [4.78, 5) is 10.7. The minimum absolute atomic E-state index is 0.302. The first-order chi connectivity index (χ1) is 11.8. The van der Waals surface area contributed by atoms with Gasteiger partial charge in [0.05, 0.1) is 0 Å². The molecule has 0 saturated carbocycles. The van der Waals surface area contributed by atoms with Crippen LogP contribution >= 0.6 is 0 Å². The Morgan fingerprint density at radius 2 is 1.12 bits per heavy atom. The summed E-state index contributed by atoms with van der Waals surface area (Å²) in [6, 6.07) is 30.1. The molecular weight excluding hydrogens is 300 g/mol. The van der Waals surface area contributed by atoms with Gasteiger partial charge in [0, 0.05) is 11.5 Å². The van der Waals surface area contributed by atoms with Gasteiger partial charge in [-0.15, -0.1) is 0 Å². The van der Waals surface area contributed by atoms with Crippen LogP contribution in [0.4, 0.5) is 0 Å². The van der Waals surface area contributed by atoms with E-state index >= 15 is 0 Å². The Balaban J connectivity index is 0.000000143. The molecule has 3 heteroatoms. The molecule has 4 aromatic rings. The number of benzene rings is 3. The highest BCUT2D eigenvalue weighted by Crippen LogP contribution is 2.19. The van der Waals surface area contributed by atoms with E-state index in [0.29, 0.717) is 5.58 Å². The summed E-state index contributed by atoms with van der Waals surface area (Å²) >= 11 is 0. The Morgan fingerprint density at radius 1 is 0.583 bits per heavy atom. The van der Waals surface area contributed by atoms with E-state index in [1.807, 2.05) is 78.9 Å². The molecule has 3 aromatic carbocycles. The average molecular weight is 316 g/mol. The summed E-state index contributed by atoms with van der Waals surface area (Å²) in [7, 11) is 0. The Bertz CT molecular complexity index is 907. The van der Waals surface area contributed by atoms with Crippen LogP contribution in [0.5, 0.6) is 11.5 Å². The molecule has 0 spiro atoms. The smallest absolute Gasteiger partial charge is 0.336 e. The van der Waals surface area contributed by atoms with Crippen molar-refractivity contribution in [1.29, 1.82) is 0 Å². The molecule has 0 atom stereocenters. The summed E-state index contributed by atoms with van der Waals surface area (Å²) in [6.45, 7) is 0. The average Bonchev–Trinajstić information content (AvgIpc) is 2.64. The van der Waals surface area contributed by atoms with Crippen LogP contribution in [0, 0.1) is 0 Å². The largest absolute Gasteiger partial charge is 0.457 e. The molecule has 1 heterocycles. The molecule has 0 bridgehead atoms. The van der Waals surface area contributed by atoms with Crippen molar-refractivity contribution < 1.29 is 9.15 Å². The number of ether oxygens (including phenoxy) is 1. The molecule has 0 radical (unpaired) electrons. The van der Waals surface area contributed by atoms with Crippen LogP contribution in [-0.4, -0.2) is 0 Å². The van der Waals surface area contributed by atoms with Gasteiger partial charge in [0.1, 0.15) is 17.1 Å². The number of fused-ring (bicyclic) bond motifs is 1. The fourth-order valence-corrected chi connectivity index (χ4v) is 2.12. The second kappa shape index (κ2) is 7.79. The predicted molar refractivity (Wildman–Crippen MR) is 95.4 cm³/mol. The third-order valence-corrected chi connectivity index (χ3v) is 3.25. The van der Waals surface area contributed by atoms with Crippen molar-refractivity contribution in [3.05, 3.63) is 107 Å². The molecule has 0 aliphatic carbocycles. The molecule has 0 saturated heterocycles. The van der Waals surface area contributed by atoms with Crippen LogP contribution < -0.4 is 10.4 Å². The molecule has 0 aliphatic rings. The van der Waals surface area contributed by atoms with Gasteiger partial charge in [-0.25, -0.2) is 4.79 Å². The molecule has 0 N–H and O–H groups in total. The van der Waals surface area contributed by atoms with Crippen LogP contribution in [0.1, 0.15) is 0 Å². The highest BCUT2D eigenvalue weighted by Gasteiger charge is 1.93. The van der Waals surface area contributed by atoms with Gasteiger partial charge in [0.25, 0.3) is 0 Å². The van der Waals surface area contributed by atoms with Crippen molar-refractivity contribution in [1.82, 2.24) is 0 Å². The lowest BCUT2D eigenvalue weighted by molar-refractivity contribution is 0.482. The Labute approximate surface area is 139 Å². The molecular formula is C21H16O3. The van der Waals surface area contributed by atoms with E-state index in [4.69, 9.17) is 9.15 Å². The van der Waals surface area contributed by atoms with Crippen LogP contribution in [0.25, 0.3) is 11.0 Å². The van der Waals surface area contributed by atoms with Gasteiger partial charge < -0.3 is 9.15 Å². The first-order valence-electron chi connectivity index (χ1n) is 7.58. The molecule has 1 aromatic heterocycles. The van der Waals surface area contributed by atoms with Gasteiger partial charge in [0.15, 0.2) is 0 Å². The van der Waals surface area contributed by atoms with Gasteiger partial charge in [-0.05, 0) is 36.4 Å². The fraction of sp³-hybridized carbons (Fsp3) is 0. The Hall–Kier alpha value is -3.33. The van der Waals surface area contributed by atoms with E-state index in [9.17, 15) is 4.79 Å². The maximum absolute atomic E-state index is 10.7. The van der Waals surface area contributed by atoms with Gasteiger partial charge in [-0.3, -0.25) is 0 Å². The van der Waals surface area contributed by atoms with Gasteiger partial charge in [0.2, 0.25) is 0 Å². The zero-order valence-electron chi connectivity index (χ0n) is 13.0. The zero-order chi connectivity index (χ0) is 16.6. The van der Waals surface area contributed by atoms with E-state index in [2.05, 4.69) is 0 Å². The molecule has 0 aliphatic heterocycles. The SMILES string of the molecule is O=c1ccc2ccccc2o1.c1ccc(Oc2ccccc2)cc1. The van der Waals surface area contributed by atoms with E-state index in [1.165, 1.54) is 6.07 Å². The Morgan fingerprint density at radius 3 is 1.75 bits per heavy atom. The van der Waals surface area contributed by atoms with Crippen molar-refractivity contribution >= 4 is 11.0 Å². The van der Waals surface area contributed by atoms with Crippen molar-refractivity contribution in [2.45, 2.75) is 0 Å². The van der Waals surface area contributed by atoms with Crippen LogP contribution in [-0.2, 0) is 0 Å². The van der Waals surface area contributed by atoms with E-state index in [-0.39, 0.29) is 5.63 Å². The van der Waals surface area contributed by atoms with Crippen molar-refractivity contribution in [2.75, 3.05) is 0 Å². The second-order valence-electron chi connectivity index (χ2n) is 5.02. The van der Waals surface area contributed by atoms with Gasteiger partial charge >= 0.3 is 5.63 Å². The van der Waals surface area contributed by atoms with Crippen molar-refractivity contribution in [3.8, 4) is 11.5 Å². The predicted octanol–water partition coefficient (Wildman–Crippen LogP) is 5.27. The summed E-state index contributed by atoms with van der Waals surface area (Å²) in [5, 5.41) is 0.951. The van der Waals surface area contributed by atoms with Gasteiger partial charge in [-0.2, -0.15) is 0 Å². The maximum atomic E-state index is 10.7. The van der Waals surface area contributed by atoms with Crippen molar-refractivity contribution in [2.24, 2.45) is 0 Å². The molecule has 0 fully saturated rings. The molecule has 24 heavy (non-hydrogen) atoms. The third-order valence-electron chi connectivity index (χ3n) is 3.25. The monoisotopic (exact) mass is 316 g/mol. The first-order valence-corrected chi connectivity index (χ1v) is 7.58. The number of para-hydroxylation sites is 3. The van der Waals surface area contributed by atoms with Crippen LogP contribution in [0.2, 0.25) is 0 Å². The molecule has 3 nitrogen and oxygen atoms in total. The van der Waals surface area contributed by atoms with Gasteiger partial charge in [-0.1, -0.05) is 54.6 Å². The maximum Gasteiger partial charge on any atom is 0.336 e. The van der Waals surface area contributed by atoms with Crippen LogP contribution in [0.3, 0.4) is 0 Å². The topological polar surface area (TPSA) is 39.4 Å². The highest BCUT2D eigenvalue weighted by molar-refractivity contribution is 5.75. The number of rotatable bonds is 2. The third kappa shape index (κ3) is 4.34. The summed E-state index contributed by atoms with van der Waals surface area (Å²) in [5.74, 6) is 1.74. The lowest BCUT2D eigenvalue weighted by Crippen LogP contribution is -1.93. The lowest BCUT2D eigenvalue weighted by atomic mass is 10.2. The van der Waals surface area contributed by atoms with E-state index in [1.54, 1.807) is 12.1 Å². The van der Waals surface area contributed by atoms with Crippen LogP contribution in [0.15, 0.2) is 106 Å². The minimum atomic E-state index is -0.302. The highest BCUT2D eigenvalue weighted by atomic mass is 16.5. The number of hydrogen-bond donors (Lipinski definition) is 0. The summed E-state index contributed by atoms with van der Waals surface area (Å²) in [6.07, 6.45) is 0.